The standard InChI is InChI=1S/C22H25N3O4S/c23-11-4-5-14-29-20-10-6-9-19(17-20)24-22(26)21(18-7-2-1-3-8-18)25-12-15-30(27,28)16-13-25/h1-3,6-10,17,21H,4-5,12-16H2,(H,24,26). The molecule has 0 bridgehead atoms. The Morgan fingerprint density at radius 3 is 2.57 bits per heavy atom. The first-order valence-corrected chi connectivity index (χ1v) is 11.7. The molecule has 1 saturated heterocycles. The zero-order chi connectivity index (χ0) is 21.4. The molecule has 158 valence electrons. The van der Waals surface area contributed by atoms with E-state index in [0.717, 1.165) is 5.56 Å². The van der Waals surface area contributed by atoms with E-state index >= 15 is 0 Å². The van der Waals surface area contributed by atoms with E-state index in [1.807, 2.05) is 35.2 Å². The van der Waals surface area contributed by atoms with Crippen molar-refractivity contribution in [1.82, 2.24) is 4.90 Å². The Labute approximate surface area is 177 Å². The SMILES string of the molecule is N#CCCCOc1cccc(NC(=O)C(c2ccccc2)N2CCS(=O)(=O)CC2)c1. The fourth-order valence-electron chi connectivity index (χ4n) is 3.36. The van der Waals surface area contributed by atoms with Crippen LogP contribution >= 0.6 is 0 Å². The quantitative estimate of drug-likeness (QED) is 0.651. The monoisotopic (exact) mass is 427 g/mol. The number of nitrogens with zero attached hydrogens (tertiary/aromatic N) is 2. The number of unbranched alkanes of at least 4 members (excludes halogenated alkanes) is 1. The highest BCUT2D eigenvalue weighted by Gasteiger charge is 2.32. The summed E-state index contributed by atoms with van der Waals surface area (Å²) in [5, 5.41) is 11.5. The van der Waals surface area contributed by atoms with Gasteiger partial charge in [-0.15, -0.1) is 0 Å². The minimum atomic E-state index is -3.04. The number of ether oxygens (including phenoxy) is 1. The molecule has 0 saturated carbocycles. The largest absolute Gasteiger partial charge is 0.493 e. The topological polar surface area (TPSA) is 99.5 Å². The molecule has 2 aromatic carbocycles. The Balaban J connectivity index is 1.73. The Kier molecular flexibility index (Phi) is 7.44. The van der Waals surface area contributed by atoms with Crippen molar-refractivity contribution in [1.29, 1.82) is 5.26 Å². The van der Waals surface area contributed by atoms with Gasteiger partial charge >= 0.3 is 0 Å². The Bertz CT molecular complexity index is 989. The van der Waals surface area contributed by atoms with Gasteiger partial charge in [0, 0.05) is 31.3 Å². The van der Waals surface area contributed by atoms with E-state index in [4.69, 9.17) is 10.00 Å². The minimum absolute atomic E-state index is 0.0512. The second-order valence-corrected chi connectivity index (χ2v) is 9.43. The van der Waals surface area contributed by atoms with Crippen LogP contribution in [0, 0.1) is 11.3 Å². The molecular weight excluding hydrogens is 402 g/mol. The third kappa shape index (κ3) is 6.05. The van der Waals surface area contributed by atoms with Crippen molar-refractivity contribution in [3.8, 4) is 11.8 Å². The highest BCUT2D eigenvalue weighted by molar-refractivity contribution is 7.91. The molecule has 7 nitrogen and oxygen atoms in total. The lowest BCUT2D eigenvalue weighted by molar-refractivity contribution is -0.121. The number of hydrogen-bond donors (Lipinski definition) is 1. The maximum absolute atomic E-state index is 13.2. The first-order chi connectivity index (χ1) is 14.5. The van der Waals surface area contributed by atoms with Crippen LogP contribution in [0.15, 0.2) is 54.6 Å². The summed E-state index contributed by atoms with van der Waals surface area (Å²) in [6.07, 6.45) is 1.07. The molecule has 3 rings (SSSR count). The first kappa shape index (κ1) is 21.8. The smallest absolute Gasteiger partial charge is 0.246 e. The number of anilines is 1. The molecule has 1 atom stereocenters. The fourth-order valence-corrected chi connectivity index (χ4v) is 4.59. The Morgan fingerprint density at radius 1 is 1.13 bits per heavy atom. The third-order valence-electron chi connectivity index (χ3n) is 4.91. The molecule has 1 fully saturated rings. The predicted octanol–water partition coefficient (Wildman–Crippen LogP) is 2.78. The highest BCUT2D eigenvalue weighted by atomic mass is 32.2. The summed E-state index contributed by atoms with van der Waals surface area (Å²) >= 11 is 0. The lowest BCUT2D eigenvalue weighted by atomic mass is 10.0. The molecular formula is C22H25N3O4S. The molecule has 1 heterocycles. The summed E-state index contributed by atoms with van der Waals surface area (Å²) in [5.41, 5.74) is 1.42. The lowest BCUT2D eigenvalue weighted by Crippen LogP contribution is -2.46. The minimum Gasteiger partial charge on any atom is -0.493 e. The molecule has 0 spiro atoms. The zero-order valence-electron chi connectivity index (χ0n) is 16.7. The summed E-state index contributed by atoms with van der Waals surface area (Å²) in [5.74, 6) is 0.499. The first-order valence-electron chi connectivity index (χ1n) is 9.88. The molecule has 0 aliphatic carbocycles. The van der Waals surface area contributed by atoms with E-state index < -0.39 is 15.9 Å². The van der Waals surface area contributed by atoms with Gasteiger partial charge in [0.2, 0.25) is 5.91 Å². The normalized spacial score (nSPS) is 16.9. The van der Waals surface area contributed by atoms with Gasteiger partial charge in [-0.25, -0.2) is 8.42 Å². The summed E-state index contributed by atoms with van der Waals surface area (Å²) in [6, 6.07) is 18.0. The van der Waals surface area contributed by atoms with E-state index in [1.165, 1.54) is 0 Å². The summed E-state index contributed by atoms with van der Waals surface area (Å²) < 4.78 is 29.3. The van der Waals surface area contributed by atoms with Gasteiger partial charge in [-0.05, 0) is 24.1 Å². The predicted molar refractivity (Wildman–Crippen MR) is 115 cm³/mol. The number of carbonyl (C=O) groups excluding carboxylic acids is 1. The zero-order valence-corrected chi connectivity index (χ0v) is 17.5. The van der Waals surface area contributed by atoms with Crippen molar-refractivity contribution >= 4 is 21.4 Å². The maximum atomic E-state index is 13.2. The number of amides is 1. The average Bonchev–Trinajstić information content (AvgIpc) is 2.74. The molecule has 1 amide bonds. The van der Waals surface area contributed by atoms with Crippen LogP contribution in [-0.2, 0) is 14.6 Å². The molecule has 1 N–H and O–H groups in total. The van der Waals surface area contributed by atoms with E-state index in [0.29, 0.717) is 44.0 Å². The number of benzene rings is 2. The van der Waals surface area contributed by atoms with Gasteiger partial charge in [-0.2, -0.15) is 5.26 Å². The van der Waals surface area contributed by atoms with Gasteiger partial charge in [0.05, 0.1) is 24.2 Å². The van der Waals surface area contributed by atoms with Crippen LogP contribution < -0.4 is 10.1 Å². The molecule has 0 aromatic heterocycles. The van der Waals surface area contributed by atoms with Gasteiger partial charge in [0.25, 0.3) is 0 Å². The number of nitriles is 1. The number of nitrogens with one attached hydrogen (secondary N) is 1. The molecule has 1 unspecified atom stereocenters. The van der Waals surface area contributed by atoms with E-state index in [2.05, 4.69) is 11.4 Å². The van der Waals surface area contributed by atoms with Crippen molar-refractivity contribution in [2.45, 2.75) is 18.9 Å². The van der Waals surface area contributed by atoms with Crippen LogP contribution in [0.2, 0.25) is 0 Å². The Morgan fingerprint density at radius 2 is 1.87 bits per heavy atom. The molecule has 30 heavy (non-hydrogen) atoms. The van der Waals surface area contributed by atoms with Gasteiger partial charge in [0.15, 0.2) is 9.84 Å². The van der Waals surface area contributed by atoms with Crippen LogP contribution in [0.3, 0.4) is 0 Å². The van der Waals surface area contributed by atoms with Crippen molar-refractivity contribution in [3.63, 3.8) is 0 Å². The van der Waals surface area contributed by atoms with Gasteiger partial charge < -0.3 is 10.1 Å². The number of carbonyl (C=O) groups is 1. The van der Waals surface area contributed by atoms with Crippen molar-refractivity contribution in [2.24, 2.45) is 0 Å². The lowest BCUT2D eigenvalue weighted by Gasteiger charge is -2.33. The third-order valence-corrected chi connectivity index (χ3v) is 6.52. The molecule has 2 aromatic rings. The van der Waals surface area contributed by atoms with Gasteiger partial charge in [-0.1, -0.05) is 36.4 Å². The molecule has 0 radical (unpaired) electrons. The number of sulfone groups is 1. The van der Waals surface area contributed by atoms with Crippen molar-refractivity contribution in [3.05, 3.63) is 60.2 Å². The van der Waals surface area contributed by atoms with Crippen LogP contribution in [0.25, 0.3) is 0 Å². The van der Waals surface area contributed by atoms with E-state index in [1.54, 1.807) is 24.3 Å². The average molecular weight is 428 g/mol. The van der Waals surface area contributed by atoms with Crippen LogP contribution in [0.1, 0.15) is 24.4 Å². The number of rotatable bonds is 8. The number of hydrogen-bond acceptors (Lipinski definition) is 6. The fraction of sp³-hybridized carbons (Fsp3) is 0.364. The molecule has 1 aliphatic heterocycles. The van der Waals surface area contributed by atoms with Crippen molar-refractivity contribution in [2.75, 3.05) is 36.5 Å². The van der Waals surface area contributed by atoms with Crippen LogP contribution in [0.4, 0.5) is 5.69 Å². The summed E-state index contributed by atoms with van der Waals surface area (Å²) in [4.78, 5) is 15.1. The molecule has 8 heteroatoms. The van der Waals surface area contributed by atoms with E-state index in [-0.39, 0.29) is 17.4 Å². The second kappa shape index (κ2) is 10.2. The highest BCUT2D eigenvalue weighted by Crippen LogP contribution is 2.26. The summed E-state index contributed by atoms with van der Waals surface area (Å²) in [7, 11) is -3.04. The van der Waals surface area contributed by atoms with Crippen LogP contribution in [-0.4, -0.2) is 50.4 Å². The maximum Gasteiger partial charge on any atom is 0.246 e. The molecule has 1 aliphatic rings. The Hall–Kier alpha value is -2.89. The summed E-state index contributed by atoms with van der Waals surface area (Å²) in [6.45, 7) is 1.06. The van der Waals surface area contributed by atoms with Crippen LogP contribution in [0.5, 0.6) is 5.75 Å². The second-order valence-electron chi connectivity index (χ2n) is 7.13. The van der Waals surface area contributed by atoms with Gasteiger partial charge in [-0.3, -0.25) is 9.69 Å². The van der Waals surface area contributed by atoms with Crippen molar-refractivity contribution < 1.29 is 17.9 Å². The van der Waals surface area contributed by atoms with Gasteiger partial charge in [0.1, 0.15) is 11.8 Å². The van der Waals surface area contributed by atoms with E-state index in [9.17, 15) is 13.2 Å².